The first-order valence-electron chi connectivity index (χ1n) is 6.89. The highest BCUT2D eigenvalue weighted by Gasteiger charge is 2.30. The van der Waals surface area contributed by atoms with Gasteiger partial charge in [0.1, 0.15) is 0 Å². The fraction of sp³-hybridized carbons (Fsp3) is 0.214. The molecule has 0 radical (unpaired) electrons. The molecule has 2 aromatic rings. The minimum absolute atomic E-state index is 0.0383. The minimum Gasteiger partial charge on any atom is -0.294 e. The summed E-state index contributed by atoms with van der Waals surface area (Å²) in [6, 6.07) is 3.59. The predicted molar refractivity (Wildman–Crippen MR) is 83.2 cm³/mol. The standard InChI is InChI=1S/C14H11ClF3N5O2/c1-2-9(24)19-12-21-11(15)22-13(23-12)20-10(25)7-3-5-8(6-4-7)14(16,17)18/h3-6H,2H2,1H3,(H2,19,20,21,22,23,24,25). The molecule has 2 rings (SSSR count). The van der Waals surface area contributed by atoms with Gasteiger partial charge >= 0.3 is 6.18 Å². The molecule has 25 heavy (non-hydrogen) atoms. The molecule has 0 unspecified atom stereocenters. The third-order valence-electron chi connectivity index (χ3n) is 2.88. The van der Waals surface area contributed by atoms with Crippen molar-refractivity contribution in [2.45, 2.75) is 19.5 Å². The maximum atomic E-state index is 12.5. The smallest absolute Gasteiger partial charge is 0.294 e. The summed E-state index contributed by atoms with van der Waals surface area (Å²) in [4.78, 5) is 34.5. The van der Waals surface area contributed by atoms with E-state index < -0.39 is 17.6 Å². The normalized spacial score (nSPS) is 11.1. The third-order valence-corrected chi connectivity index (χ3v) is 3.05. The molecule has 0 atom stereocenters. The molecule has 0 spiro atoms. The van der Waals surface area contributed by atoms with E-state index in [0.717, 1.165) is 24.3 Å². The summed E-state index contributed by atoms with van der Waals surface area (Å²) >= 11 is 5.69. The van der Waals surface area contributed by atoms with Gasteiger partial charge in [0.05, 0.1) is 5.56 Å². The highest BCUT2D eigenvalue weighted by molar-refractivity contribution is 6.28. The molecule has 0 fully saturated rings. The monoisotopic (exact) mass is 373 g/mol. The second kappa shape index (κ2) is 7.43. The maximum Gasteiger partial charge on any atom is 0.416 e. The Morgan fingerprint density at radius 2 is 1.60 bits per heavy atom. The van der Waals surface area contributed by atoms with Crippen LogP contribution in [0.2, 0.25) is 5.28 Å². The number of carbonyl (C=O) groups excluding carboxylic acids is 2. The van der Waals surface area contributed by atoms with Crippen molar-refractivity contribution < 1.29 is 22.8 Å². The zero-order chi connectivity index (χ0) is 18.6. The van der Waals surface area contributed by atoms with Crippen LogP contribution in [0.25, 0.3) is 0 Å². The Kier molecular flexibility index (Phi) is 5.52. The van der Waals surface area contributed by atoms with Gasteiger partial charge in [0.2, 0.25) is 23.1 Å². The molecule has 0 saturated carbocycles. The van der Waals surface area contributed by atoms with E-state index in [4.69, 9.17) is 11.6 Å². The lowest BCUT2D eigenvalue weighted by atomic mass is 10.1. The number of aromatic nitrogens is 3. The highest BCUT2D eigenvalue weighted by atomic mass is 35.5. The summed E-state index contributed by atoms with van der Waals surface area (Å²) in [7, 11) is 0. The van der Waals surface area contributed by atoms with E-state index >= 15 is 0 Å². The Morgan fingerprint density at radius 3 is 2.12 bits per heavy atom. The summed E-state index contributed by atoms with van der Waals surface area (Å²) in [5, 5.41) is 4.34. The molecule has 1 heterocycles. The van der Waals surface area contributed by atoms with Crippen LogP contribution in [0.15, 0.2) is 24.3 Å². The van der Waals surface area contributed by atoms with Crippen LogP contribution in [0.1, 0.15) is 29.3 Å². The number of rotatable bonds is 4. The Bertz CT molecular complexity index is 796. The van der Waals surface area contributed by atoms with Gasteiger partial charge < -0.3 is 0 Å². The molecule has 7 nitrogen and oxygen atoms in total. The number of benzene rings is 1. The second-order valence-corrected chi connectivity index (χ2v) is 5.02. The fourth-order valence-corrected chi connectivity index (χ4v) is 1.82. The quantitative estimate of drug-likeness (QED) is 0.858. The van der Waals surface area contributed by atoms with E-state index in [1.165, 1.54) is 0 Å². The molecule has 0 bridgehead atoms. The van der Waals surface area contributed by atoms with E-state index in [0.29, 0.717) is 0 Å². The van der Waals surface area contributed by atoms with Crippen molar-refractivity contribution in [1.29, 1.82) is 0 Å². The Hall–Kier alpha value is -2.75. The average Bonchev–Trinajstić information content (AvgIpc) is 2.53. The molecule has 2 amide bonds. The molecule has 2 N–H and O–H groups in total. The first-order chi connectivity index (χ1) is 11.7. The molecule has 0 aliphatic rings. The summed E-state index contributed by atoms with van der Waals surface area (Å²) in [5.74, 6) is -1.53. The van der Waals surface area contributed by atoms with Gasteiger partial charge in [-0.2, -0.15) is 28.1 Å². The molecular weight excluding hydrogens is 363 g/mol. The zero-order valence-corrected chi connectivity index (χ0v) is 13.4. The minimum atomic E-state index is -4.50. The van der Waals surface area contributed by atoms with Crippen molar-refractivity contribution in [1.82, 2.24) is 15.0 Å². The number of nitrogens with zero attached hydrogens (tertiary/aromatic N) is 3. The number of nitrogens with one attached hydrogen (secondary N) is 2. The number of carbonyl (C=O) groups is 2. The molecule has 1 aromatic heterocycles. The number of hydrogen-bond donors (Lipinski definition) is 2. The Labute approximate surface area is 144 Å². The van der Waals surface area contributed by atoms with Crippen molar-refractivity contribution >= 4 is 35.3 Å². The van der Waals surface area contributed by atoms with Gasteiger partial charge in [0.15, 0.2) is 0 Å². The number of anilines is 2. The molecule has 0 saturated heterocycles. The van der Waals surface area contributed by atoms with Crippen LogP contribution in [0, 0.1) is 0 Å². The van der Waals surface area contributed by atoms with Crippen LogP contribution in [0.3, 0.4) is 0 Å². The van der Waals surface area contributed by atoms with Crippen molar-refractivity contribution in [2.24, 2.45) is 0 Å². The Balaban J connectivity index is 2.16. The van der Waals surface area contributed by atoms with E-state index in [2.05, 4.69) is 25.6 Å². The highest BCUT2D eigenvalue weighted by Crippen LogP contribution is 2.29. The maximum absolute atomic E-state index is 12.5. The summed E-state index contributed by atoms with van der Waals surface area (Å²) in [6.45, 7) is 1.62. The first-order valence-corrected chi connectivity index (χ1v) is 7.27. The van der Waals surface area contributed by atoms with Crippen molar-refractivity contribution in [3.63, 3.8) is 0 Å². The van der Waals surface area contributed by atoms with Crippen molar-refractivity contribution in [3.8, 4) is 0 Å². The van der Waals surface area contributed by atoms with Gasteiger partial charge in [-0.1, -0.05) is 6.92 Å². The lowest BCUT2D eigenvalue weighted by Gasteiger charge is -2.08. The van der Waals surface area contributed by atoms with Crippen LogP contribution < -0.4 is 10.6 Å². The summed E-state index contributed by atoms with van der Waals surface area (Å²) in [6.07, 6.45) is -4.32. The van der Waals surface area contributed by atoms with Gasteiger partial charge in [0, 0.05) is 12.0 Å². The molecule has 0 aliphatic heterocycles. The van der Waals surface area contributed by atoms with E-state index in [-0.39, 0.29) is 35.1 Å². The van der Waals surface area contributed by atoms with Gasteiger partial charge in [0.25, 0.3) is 5.91 Å². The average molecular weight is 374 g/mol. The SMILES string of the molecule is CCC(=O)Nc1nc(Cl)nc(NC(=O)c2ccc(C(F)(F)F)cc2)n1. The van der Waals surface area contributed by atoms with Crippen LogP contribution in [-0.4, -0.2) is 26.8 Å². The van der Waals surface area contributed by atoms with E-state index in [1.807, 2.05) is 0 Å². The number of alkyl halides is 3. The molecule has 0 aliphatic carbocycles. The fourth-order valence-electron chi connectivity index (χ4n) is 1.66. The van der Waals surface area contributed by atoms with Gasteiger partial charge in [-0.05, 0) is 35.9 Å². The molecule has 11 heteroatoms. The largest absolute Gasteiger partial charge is 0.416 e. The summed E-state index contributed by atoms with van der Waals surface area (Å²) in [5.41, 5.74) is -0.916. The van der Waals surface area contributed by atoms with Crippen LogP contribution in [-0.2, 0) is 11.0 Å². The molecular formula is C14H11ClF3N5O2. The molecule has 132 valence electrons. The van der Waals surface area contributed by atoms with Gasteiger partial charge in [-0.25, -0.2) is 0 Å². The summed E-state index contributed by atoms with van der Waals surface area (Å²) < 4.78 is 37.5. The lowest BCUT2D eigenvalue weighted by Crippen LogP contribution is -2.18. The number of halogens is 4. The van der Waals surface area contributed by atoms with Gasteiger partial charge in [-0.15, -0.1) is 0 Å². The number of amides is 2. The third kappa shape index (κ3) is 5.11. The predicted octanol–water partition coefficient (Wildman–Crippen LogP) is 3.14. The number of hydrogen-bond acceptors (Lipinski definition) is 5. The van der Waals surface area contributed by atoms with Crippen molar-refractivity contribution in [2.75, 3.05) is 10.6 Å². The van der Waals surface area contributed by atoms with Crippen LogP contribution in [0.5, 0.6) is 0 Å². The zero-order valence-electron chi connectivity index (χ0n) is 12.7. The van der Waals surface area contributed by atoms with E-state index in [9.17, 15) is 22.8 Å². The van der Waals surface area contributed by atoms with E-state index in [1.54, 1.807) is 6.92 Å². The van der Waals surface area contributed by atoms with Crippen molar-refractivity contribution in [3.05, 3.63) is 40.7 Å². The van der Waals surface area contributed by atoms with Gasteiger partial charge in [-0.3, -0.25) is 20.2 Å². The lowest BCUT2D eigenvalue weighted by molar-refractivity contribution is -0.137. The molecule has 1 aromatic carbocycles. The topological polar surface area (TPSA) is 96.9 Å². The first kappa shape index (κ1) is 18.6. The van der Waals surface area contributed by atoms with Crippen LogP contribution >= 0.6 is 11.6 Å². The Morgan fingerprint density at radius 1 is 1.04 bits per heavy atom. The van der Waals surface area contributed by atoms with Crippen LogP contribution in [0.4, 0.5) is 25.1 Å². The second-order valence-electron chi connectivity index (χ2n) is 4.68.